The molecule has 0 aliphatic rings. The molecule has 0 aliphatic carbocycles. The summed E-state index contributed by atoms with van der Waals surface area (Å²) in [6, 6.07) is 6.27. The highest BCUT2D eigenvalue weighted by Gasteiger charge is 2.34. The van der Waals surface area contributed by atoms with Crippen molar-refractivity contribution in [1.82, 2.24) is 10.0 Å². The predicted molar refractivity (Wildman–Crippen MR) is 84.0 cm³/mol. The molecule has 138 valence electrons. The quantitative estimate of drug-likeness (QED) is 0.794. The highest BCUT2D eigenvalue weighted by Crippen LogP contribution is 2.20. The average Bonchev–Trinajstić information content (AvgIpc) is 2.51. The second-order valence-corrected chi connectivity index (χ2v) is 7.58. The van der Waals surface area contributed by atoms with Gasteiger partial charge in [-0.3, -0.25) is 4.79 Å². The SMILES string of the molecule is CC(C)[C@](C)(C#N)NS(=O)(=O)c1ccc(C(=O)NCC(F)(F)F)cc1. The van der Waals surface area contributed by atoms with Crippen LogP contribution in [0.2, 0.25) is 0 Å². The maximum absolute atomic E-state index is 12.3. The van der Waals surface area contributed by atoms with Crippen LogP contribution in [0.1, 0.15) is 31.1 Å². The van der Waals surface area contributed by atoms with Crippen LogP contribution in [-0.4, -0.2) is 32.6 Å². The van der Waals surface area contributed by atoms with Gasteiger partial charge in [0.15, 0.2) is 0 Å². The number of nitrogens with zero attached hydrogens (tertiary/aromatic N) is 1. The van der Waals surface area contributed by atoms with Gasteiger partial charge in [0.1, 0.15) is 12.1 Å². The van der Waals surface area contributed by atoms with Gasteiger partial charge in [0.05, 0.1) is 11.0 Å². The number of hydrogen-bond acceptors (Lipinski definition) is 4. The van der Waals surface area contributed by atoms with Crippen molar-refractivity contribution in [2.45, 2.75) is 37.4 Å². The molecule has 10 heteroatoms. The van der Waals surface area contributed by atoms with Crippen molar-refractivity contribution >= 4 is 15.9 Å². The van der Waals surface area contributed by atoms with Crippen molar-refractivity contribution in [2.75, 3.05) is 6.54 Å². The minimum atomic E-state index is -4.54. The van der Waals surface area contributed by atoms with E-state index < -0.39 is 34.2 Å². The second kappa shape index (κ2) is 7.41. The van der Waals surface area contributed by atoms with Gasteiger partial charge in [-0.1, -0.05) is 13.8 Å². The van der Waals surface area contributed by atoms with Gasteiger partial charge in [0, 0.05) is 5.56 Å². The van der Waals surface area contributed by atoms with Gasteiger partial charge in [-0.25, -0.2) is 8.42 Å². The molecule has 1 amide bonds. The Kier molecular flexibility index (Phi) is 6.20. The lowest BCUT2D eigenvalue weighted by Gasteiger charge is -2.26. The highest BCUT2D eigenvalue weighted by atomic mass is 32.2. The molecule has 0 fully saturated rings. The van der Waals surface area contributed by atoms with Gasteiger partial charge < -0.3 is 5.32 Å². The molecule has 0 aliphatic heterocycles. The number of sulfonamides is 1. The molecule has 1 aromatic rings. The monoisotopic (exact) mass is 377 g/mol. The van der Waals surface area contributed by atoms with E-state index in [1.165, 1.54) is 6.92 Å². The Bertz CT molecular complexity index is 768. The van der Waals surface area contributed by atoms with E-state index in [9.17, 15) is 31.6 Å². The van der Waals surface area contributed by atoms with E-state index in [1.54, 1.807) is 19.2 Å². The minimum absolute atomic E-state index is 0.116. The summed E-state index contributed by atoms with van der Waals surface area (Å²) in [7, 11) is -4.04. The van der Waals surface area contributed by atoms with Crippen LogP contribution in [0.15, 0.2) is 29.2 Å². The molecule has 25 heavy (non-hydrogen) atoms. The molecule has 1 rings (SSSR count). The molecule has 0 heterocycles. The van der Waals surface area contributed by atoms with E-state index in [1.807, 2.05) is 6.07 Å². The number of carbonyl (C=O) groups excluding carboxylic acids is 1. The Balaban J connectivity index is 2.95. The number of nitrogens with one attached hydrogen (secondary N) is 2. The van der Waals surface area contributed by atoms with Crippen molar-refractivity contribution in [3.63, 3.8) is 0 Å². The summed E-state index contributed by atoms with van der Waals surface area (Å²) in [4.78, 5) is 11.4. The lowest BCUT2D eigenvalue weighted by Crippen LogP contribution is -2.48. The molecule has 0 saturated heterocycles. The van der Waals surface area contributed by atoms with Crippen LogP contribution < -0.4 is 10.0 Å². The third-order valence-electron chi connectivity index (χ3n) is 3.61. The first kappa shape index (κ1) is 20.9. The third kappa shape index (κ3) is 5.72. The Morgan fingerprint density at radius 1 is 1.24 bits per heavy atom. The smallest absolute Gasteiger partial charge is 0.343 e. The van der Waals surface area contributed by atoms with E-state index in [0.717, 1.165) is 24.3 Å². The number of alkyl halides is 3. The van der Waals surface area contributed by atoms with Crippen molar-refractivity contribution < 1.29 is 26.4 Å². The fraction of sp³-hybridized carbons (Fsp3) is 0.467. The largest absolute Gasteiger partial charge is 0.405 e. The van der Waals surface area contributed by atoms with Gasteiger partial charge in [0.2, 0.25) is 10.0 Å². The average molecular weight is 377 g/mol. The summed E-state index contributed by atoms with van der Waals surface area (Å²) in [6.45, 7) is 3.32. The maximum atomic E-state index is 12.3. The number of amides is 1. The van der Waals surface area contributed by atoms with Crippen molar-refractivity contribution in [2.24, 2.45) is 5.92 Å². The molecular weight excluding hydrogens is 359 g/mol. The standard InChI is InChI=1S/C15H18F3N3O3S/c1-10(2)14(3,8-19)21-25(23,24)12-6-4-11(5-7-12)13(22)20-9-15(16,17)18/h4-7,10,21H,9H2,1-3H3,(H,20,22)/t14-/m0/s1. The van der Waals surface area contributed by atoms with Crippen LogP contribution in [0, 0.1) is 17.2 Å². The fourth-order valence-corrected chi connectivity index (χ4v) is 3.13. The zero-order valence-electron chi connectivity index (χ0n) is 13.8. The molecule has 1 atom stereocenters. The Morgan fingerprint density at radius 3 is 2.16 bits per heavy atom. The van der Waals surface area contributed by atoms with Crippen molar-refractivity contribution in [3.05, 3.63) is 29.8 Å². The lowest BCUT2D eigenvalue weighted by molar-refractivity contribution is -0.123. The Labute approximate surface area is 144 Å². The van der Waals surface area contributed by atoms with Gasteiger partial charge in [-0.2, -0.15) is 23.2 Å². The van der Waals surface area contributed by atoms with Crippen LogP contribution in [0.4, 0.5) is 13.2 Å². The van der Waals surface area contributed by atoms with Crippen LogP contribution in [-0.2, 0) is 10.0 Å². The normalized spacial score (nSPS) is 14.6. The van der Waals surface area contributed by atoms with Gasteiger partial charge in [-0.15, -0.1) is 0 Å². The molecule has 0 bridgehead atoms. The summed E-state index contributed by atoms with van der Waals surface area (Å²) < 4.78 is 63.2. The predicted octanol–water partition coefficient (Wildman–Crippen LogP) is 2.20. The van der Waals surface area contributed by atoms with Crippen molar-refractivity contribution in [1.29, 1.82) is 5.26 Å². The molecule has 0 radical (unpaired) electrons. The van der Waals surface area contributed by atoms with Gasteiger partial charge in [-0.05, 0) is 37.1 Å². The molecule has 0 unspecified atom stereocenters. The van der Waals surface area contributed by atoms with Crippen LogP contribution in [0.3, 0.4) is 0 Å². The van der Waals surface area contributed by atoms with Crippen LogP contribution in [0.25, 0.3) is 0 Å². The first-order valence-electron chi connectivity index (χ1n) is 7.21. The number of carbonyl (C=O) groups is 1. The molecule has 6 nitrogen and oxygen atoms in total. The van der Waals surface area contributed by atoms with E-state index in [-0.39, 0.29) is 16.4 Å². The summed E-state index contributed by atoms with van der Waals surface area (Å²) >= 11 is 0. The van der Waals surface area contributed by atoms with E-state index in [2.05, 4.69) is 4.72 Å². The molecule has 1 aromatic carbocycles. The number of rotatable bonds is 6. The molecular formula is C15H18F3N3O3S. The second-order valence-electron chi connectivity index (χ2n) is 5.90. The van der Waals surface area contributed by atoms with Gasteiger partial charge >= 0.3 is 6.18 Å². The highest BCUT2D eigenvalue weighted by molar-refractivity contribution is 7.89. The lowest BCUT2D eigenvalue weighted by atomic mass is 9.92. The topological polar surface area (TPSA) is 99.1 Å². The number of hydrogen-bond donors (Lipinski definition) is 2. The van der Waals surface area contributed by atoms with Gasteiger partial charge in [0.25, 0.3) is 5.91 Å². The molecule has 0 spiro atoms. The third-order valence-corrected chi connectivity index (χ3v) is 5.20. The maximum Gasteiger partial charge on any atom is 0.405 e. The minimum Gasteiger partial charge on any atom is -0.343 e. The van der Waals surface area contributed by atoms with Crippen LogP contribution >= 0.6 is 0 Å². The molecule has 2 N–H and O–H groups in total. The zero-order chi connectivity index (χ0) is 19.5. The Hall–Kier alpha value is -2.12. The molecule has 0 aromatic heterocycles. The first-order valence-corrected chi connectivity index (χ1v) is 8.69. The summed E-state index contributed by atoms with van der Waals surface area (Å²) in [5, 5.41) is 10.9. The number of halogens is 3. The number of nitriles is 1. The Morgan fingerprint density at radius 2 is 1.76 bits per heavy atom. The zero-order valence-corrected chi connectivity index (χ0v) is 14.6. The summed E-state index contributed by atoms with van der Waals surface area (Å²) in [6.07, 6.45) is -4.54. The first-order chi connectivity index (χ1) is 11.3. The van der Waals surface area contributed by atoms with E-state index >= 15 is 0 Å². The summed E-state index contributed by atoms with van der Waals surface area (Å²) in [5.41, 5.74) is -1.45. The summed E-state index contributed by atoms with van der Waals surface area (Å²) in [5.74, 6) is -1.28. The van der Waals surface area contributed by atoms with Crippen molar-refractivity contribution in [3.8, 4) is 6.07 Å². The van der Waals surface area contributed by atoms with Crippen LogP contribution in [0.5, 0.6) is 0 Å². The fourth-order valence-electron chi connectivity index (χ4n) is 1.68. The van der Waals surface area contributed by atoms with E-state index in [4.69, 9.17) is 0 Å². The molecule has 0 saturated carbocycles. The van der Waals surface area contributed by atoms with E-state index in [0.29, 0.717) is 0 Å². The number of benzene rings is 1.